The molecule has 1 amide bonds. The number of nitrogens with zero attached hydrogens (tertiary/aromatic N) is 3. The third-order valence-electron chi connectivity index (χ3n) is 4.04. The molecular formula is C19H19FN4O. The van der Waals surface area contributed by atoms with Crippen molar-refractivity contribution in [2.45, 2.75) is 13.8 Å². The summed E-state index contributed by atoms with van der Waals surface area (Å²) < 4.78 is 13.5. The Bertz CT molecular complexity index is 892. The number of rotatable bonds is 5. The van der Waals surface area contributed by atoms with Crippen molar-refractivity contribution in [3.8, 4) is 0 Å². The van der Waals surface area contributed by atoms with E-state index in [1.165, 1.54) is 18.5 Å². The van der Waals surface area contributed by atoms with Crippen LogP contribution in [-0.4, -0.2) is 33.9 Å². The van der Waals surface area contributed by atoms with Gasteiger partial charge in [-0.05, 0) is 56.3 Å². The van der Waals surface area contributed by atoms with E-state index in [1.54, 1.807) is 23.1 Å². The van der Waals surface area contributed by atoms with Crippen LogP contribution in [-0.2, 0) is 0 Å². The second kappa shape index (κ2) is 7.25. The molecule has 0 saturated heterocycles. The highest BCUT2D eigenvalue weighted by atomic mass is 19.1. The fraction of sp³-hybridized carbons (Fsp3) is 0.211. The summed E-state index contributed by atoms with van der Waals surface area (Å²) in [4.78, 5) is 22.4. The Kier molecular flexibility index (Phi) is 4.88. The van der Waals surface area contributed by atoms with E-state index >= 15 is 0 Å². The molecule has 0 spiro atoms. The van der Waals surface area contributed by atoms with Crippen molar-refractivity contribution in [3.05, 3.63) is 60.2 Å². The fourth-order valence-corrected chi connectivity index (χ4v) is 2.65. The minimum absolute atomic E-state index is 0.00565. The highest BCUT2D eigenvalue weighted by Crippen LogP contribution is 2.24. The molecule has 0 atom stereocenters. The Morgan fingerprint density at radius 2 is 1.80 bits per heavy atom. The van der Waals surface area contributed by atoms with Crippen molar-refractivity contribution in [3.63, 3.8) is 0 Å². The predicted molar refractivity (Wildman–Crippen MR) is 96.5 cm³/mol. The summed E-state index contributed by atoms with van der Waals surface area (Å²) in [5, 5.41) is 3.76. The van der Waals surface area contributed by atoms with Gasteiger partial charge in [0.2, 0.25) is 0 Å². The lowest BCUT2D eigenvalue weighted by molar-refractivity contribution is 0.0773. The van der Waals surface area contributed by atoms with Crippen LogP contribution < -0.4 is 5.32 Å². The first-order valence-corrected chi connectivity index (χ1v) is 8.19. The molecule has 0 radical (unpaired) electrons. The predicted octanol–water partition coefficient (Wildman–Crippen LogP) is 3.99. The second-order valence-electron chi connectivity index (χ2n) is 5.56. The molecule has 0 saturated carbocycles. The molecule has 25 heavy (non-hydrogen) atoms. The van der Waals surface area contributed by atoms with Gasteiger partial charge in [0.15, 0.2) is 0 Å². The zero-order chi connectivity index (χ0) is 17.8. The molecule has 5 nitrogen and oxygen atoms in total. The molecule has 0 aliphatic rings. The topological polar surface area (TPSA) is 58.1 Å². The maximum Gasteiger partial charge on any atom is 0.253 e. The average molecular weight is 338 g/mol. The first kappa shape index (κ1) is 16.8. The van der Waals surface area contributed by atoms with Crippen LogP contribution in [0.2, 0.25) is 0 Å². The molecule has 3 rings (SSSR count). The van der Waals surface area contributed by atoms with Crippen LogP contribution in [0.15, 0.2) is 48.8 Å². The number of halogens is 1. The van der Waals surface area contributed by atoms with Gasteiger partial charge in [0.05, 0.1) is 5.52 Å². The lowest BCUT2D eigenvalue weighted by Crippen LogP contribution is -2.30. The fourth-order valence-electron chi connectivity index (χ4n) is 2.65. The highest BCUT2D eigenvalue weighted by Gasteiger charge is 2.12. The van der Waals surface area contributed by atoms with Crippen molar-refractivity contribution in [1.82, 2.24) is 14.9 Å². The SMILES string of the molecule is CCN(CC)C(=O)c1ccc(Nc2ncnc3ccc(F)cc23)cc1. The lowest BCUT2D eigenvalue weighted by Gasteiger charge is -2.18. The van der Waals surface area contributed by atoms with Crippen molar-refractivity contribution in [2.24, 2.45) is 0 Å². The minimum atomic E-state index is -0.342. The summed E-state index contributed by atoms with van der Waals surface area (Å²) in [7, 11) is 0. The maximum absolute atomic E-state index is 13.5. The number of hydrogen-bond acceptors (Lipinski definition) is 4. The summed E-state index contributed by atoms with van der Waals surface area (Å²) in [5.41, 5.74) is 2.06. The van der Waals surface area contributed by atoms with E-state index in [-0.39, 0.29) is 11.7 Å². The van der Waals surface area contributed by atoms with Crippen LogP contribution in [0.3, 0.4) is 0 Å². The molecule has 6 heteroatoms. The Morgan fingerprint density at radius 3 is 2.48 bits per heavy atom. The van der Waals surface area contributed by atoms with Gasteiger partial charge < -0.3 is 10.2 Å². The summed E-state index contributed by atoms with van der Waals surface area (Å²) >= 11 is 0. The Balaban J connectivity index is 1.85. The van der Waals surface area contributed by atoms with Crippen molar-refractivity contribution in [1.29, 1.82) is 0 Å². The maximum atomic E-state index is 13.5. The summed E-state index contributed by atoms with van der Waals surface area (Å²) in [6.07, 6.45) is 1.43. The molecule has 0 fully saturated rings. The third-order valence-corrected chi connectivity index (χ3v) is 4.04. The number of carbonyl (C=O) groups excluding carboxylic acids is 1. The minimum Gasteiger partial charge on any atom is -0.340 e. The number of benzene rings is 2. The zero-order valence-corrected chi connectivity index (χ0v) is 14.2. The van der Waals surface area contributed by atoms with Gasteiger partial charge in [-0.1, -0.05) is 0 Å². The van der Waals surface area contributed by atoms with E-state index < -0.39 is 0 Å². The standard InChI is InChI=1S/C19H19FN4O/c1-3-24(4-2)19(25)13-5-8-15(9-6-13)23-18-16-11-14(20)7-10-17(16)21-12-22-18/h5-12H,3-4H2,1-2H3,(H,21,22,23). The summed E-state index contributed by atoms with van der Waals surface area (Å²) in [6, 6.07) is 11.5. The van der Waals surface area contributed by atoms with Gasteiger partial charge in [-0.2, -0.15) is 0 Å². The molecule has 0 aliphatic carbocycles. The first-order chi connectivity index (χ1) is 12.1. The molecule has 0 bridgehead atoms. The van der Waals surface area contributed by atoms with E-state index in [4.69, 9.17) is 0 Å². The number of anilines is 2. The van der Waals surface area contributed by atoms with Gasteiger partial charge in [0.25, 0.3) is 5.91 Å². The smallest absolute Gasteiger partial charge is 0.253 e. The van der Waals surface area contributed by atoms with Crippen molar-refractivity contribution in [2.75, 3.05) is 18.4 Å². The van der Waals surface area contributed by atoms with Crippen LogP contribution in [0.25, 0.3) is 10.9 Å². The molecule has 1 aromatic heterocycles. The Hall–Kier alpha value is -3.02. The van der Waals surface area contributed by atoms with Gasteiger partial charge in [0.1, 0.15) is 18.0 Å². The Morgan fingerprint density at radius 1 is 1.08 bits per heavy atom. The van der Waals surface area contributed by atoms with Crippen LogP contribution >= 0.6 is 0 Å². The first-order valence-electron chi connectivity index (χ1n) is 8.19. The monoisotopic (exact) mass is 338 g/mol. The lowest BCUT2D eigenvalue weighted by atomic mass is 10.1. The van der Waals surface area contributed by atoms with Crippen LogP contribution in [0, 0.1) is 5.82 Å². The molecule has 2 aromatic carbocycles. The molecule has 1 heterocycles. The number of carbonyl (C=O) groups is 1. The van der Waals surface area contributed by atoms with Gasteiger partial charge in [-0.15, -0.1) is 0 Å². The van der Waals surface area contributed by atoms with Gasteiger partial charge in [0, 0.05) is 29.7 Å². The number of aromatic nitrogens is 2. The highest BCUT2D eigenvalue weighted by molar-refractivity contribution is 5.95. The molecule has 0 aliphatic heterocycles. The van der Waals surface area contributed by atoms with Gasteiger partial charge in [-0.3, -0.25) is 4.79 Å². The van der Waals surface area contributed by atoms with Gasteiger partial charge >= 0.3 is 0 Å². The Labute approximate surface area is 145 Å². The van der Waals surface area contributed by atoms with Crippen molar-refractivity contribution >= 4 is 28.3 Å². The summed E-state index contributed by atoms with van der Waals surface area (Å²) in [5.74, 6) is 0.184. The van der Waals surface area contributed by atoms with Crippen LogP contribution in [0.4, 0.5) is 15.9 Å². The van der Waals surface area contributed by atoms with E-state index in [0.717, 1.165) is 5.69 Å². The zero-order valence-electron chi connectivity index (χ0n) is 14.2. The number of amides is 1. The number of fused-ring (bicyclic) bond motifs is 1. The average Bonchev–Trinajstić information content (AvgIpc) is 2.64. The van der Waals surface area contributed by atoms with Crippen molar-refractivity contribution < 1.29 is 9.18 Å². The van der Waals surface area contributed by atoms with E-state index in [1.807, 2.05) is 26.0 Å². The molecule has 128 valence electrons. The molecular weight excluding hydrogens is 319 g/mol. The van der Waals surface area contributed by atoms with Crippen LogP contribution in [0.1, 0.15) is 24.2 Å². The molecule has 0 unspecified atom stereocenters. The van der Waals surface area contributed by atoms with E-state index in [9.17, 15) is 9.18 Å². The number of nitrogens with one attached hydrogen (secondary N) is 1. The van der Waals surface area contributed by atoms with Gasteiger partial charge in [-0.25, -0.2) is 14.4 Å². The largest absolute Gasteiger partial charge is 0.340 e. The molecule has 3 aromatic rings. The molecule has 1 N–H and O–H groups in total. The van der Waals surface area contributed by atoms with E-state index in [0.29, 0.717) is 35.4 Å². The number of hydrogen-bond donors (Lipinski definition) is 1. The second-order valence-corrected chi connectivity index (χ2v) is 5.56. The van der Waals surface area contributed by atoms with Crippen LogP contribution in [0.5, 0.6) is 0 Å². The quantitative estimate of drug-likeness (QED) is 0.764. The third kappa shape index (κ3) is 3.57. The normalized spacial score (nSPS) is 10.7. The summed E-state index contributed by atoms with van der Waals surface area (Å²) in [6.45, 7) is 5.26. The van der Waals surface area contributed by atoms with E-state index in [2.05, 4.69) is 15.3 Å².